The first kappa shape index (κ1) is 29.4. The van der Waals surface area contributed by atoms with E-state index in [0.717, 1.165) is 11.8 Å². The number of benzene rings is 1. The largest absolute Gasteiger partial charge is 0.467 e. The Kier molecular flexibility index (Phi) is 8.75. The van der Waals surface area contributed by atoms with Gasteiger partial charge in [-0.15, -0.1) is 0 Å². The van der Waals surface area contributed by atoms with E-state index < -0.39 is 63.4 Å². The summed E-state index contributed by atoms with van der Waals surface area (Å²) in [5, 5.41) is 23.8. The third kappa shape index (κ3) is 7.24. The highest BCUT2D eigenvalue weighted by Gasteiger charge is 2.50. The summed E-state index contributed by atoms with van der Waals surface area (Å²) in [7, 11) is -2.96. The van der Waals surface area contributed by atoms with Crippen LogP contribution in [0.15, 0.2) is 35.5 Å². The van der Waals surface area contributed by atoms with Gasteiger partial charge in [-0.3, -0.25) is 0 Å². The third-order valence-electron chi connectivity index (χ3n) is 5.43. The van der Waals surface area contributed by atoms with E-state index in [9.17, 15) is 23.1 Å². The Morgan fingerprint density at radius 3 is 2.47 bits per heavy atom. The van der Waals surface area contributed by atoms with Crippen molar-refractivity contribution in [2.24, 2.45) is 0 Å². The van der Waals surface area contributed by atoms with E-state index in [1.807, 2.05) is 0 Å². The van der Waals surface area contributed by atoms with Gasteiger partial charge in [0.15, 0.2) is 11.9 Å². The zero-order valence-corrected chi connectivity index (χ0v) is 22.8. The number of aliphatic hydroxyl groups is 1. The van der Waals surface area contributed by atoms with Crippen LogP contribution >= 0.6 is 0 Å². The molecule has 15 heteroatoms. The second kappa shape index (κ2) is 11.3. The number of amides is 1. The number of rotatable bonds is 9. The molecule has 3 rings (SSSR count). The lowest BCUT2D eigenvalue weighted by Crippen LogP contribution is -2.57. The number of esters is 1. The highest BCUT2D eigenvalue weighted by atomic mass is 32.2. The predicted molar refractivity (Wildman–Crippen MR) is 131 cm³/mol. The number of hydrogen-bond acceptors (Lipinski definition) is 12. The predicted octanol–water partition coefficient (Wildman–Crippen LogP) is 0.773. The van der Waals surface area contributed by atoms with Gasteiger partial charge >= 0.3 is 12.1 Å². The zero-order valence-electron chi connectivity index (χ0n) is 22.0. The Labute approximate surface area is 220 Å². The number of para-hydroxylation sites is 1. The molecule has 2 aromatic rings. The van der Waals surface area contributed by atoms with Crippen molar-refractivity contribution in [1.29, 1.82) is 0 Å². The van der Waals surface area contributed by atoms with Crippen LogP contribution in [0, 0.1) is 0 Å². The van der Waals surface area contributed by atoms with Crippen LogP contribution in [0.1, 0.15) is 41.0 Å². The van der Waals surface area contributed by atoms with Crippen LogP contribution in [0.4, 0.5) is 4.79 Å². The molecule has 1 aliphatic heterocycles. The van der Waals surface area contributed by atoms with Crippen LogP contribution < -0.4 is 5.32 Å². The molecule has 4 atom stereocenters. The Morgan fingerprint density at radius 1 is 1.21 bits per heavy atom. The molecule has 2 N–H and O–H groups in total. The lowest BCUT2D eigenvalue weighted by Gasteiger charge is -2.31. The molecule has 0 radical (unpaired) electrons. The van der Waals surface area contributed by atoms with Gasteiger partial charge in [0.25, 0.3) is 5.16 Å². The SMILES string of the molecule is COC(=O)[C@@H](O)[C@H](NC(=O)OC(C)(C)C)[C@@H]1OC(C)(C)O[C@H]1CCS(=O)(=O)c1nnnn1-c1ccccc1. The Hall–Kier alpha value is -3.14. The smallest absolute Gasteiger partial charge is 0.408 e. The molecule has 1 aromatic carbocycles. The molecule has 1 aromatic heterocycles. The minimum atomic E-state index is -4.03. The van der Waals surface area contributed by atoms with Crippen LogP contribution in [-0.4, -0.2) is 94.4 Å². The fourth-order valence-electron chi connectivity index (χ4n) is 3.91. The molecule has 1 saturated heterocycles. The summed E-state index contributed by atoms with van der Waals surface area (Å²) in [6.45, 7) is 8.10. The zero-order chi connectivity index (χ0) is 28.3. The molecule has 14 nitrogen and oxygen atoms in total. The van der Waals surface area contributed by atoms with E-state index in [1.165, 1.54) is 0 Å². The van der Waals surface area contributed by atoms with Crippen LogP contribution in [0.3, 0.4) is 0 Å². The number of tetrazole rings is 1. The summed E-state index contributed by atoms with van der Waals surface area (Å²) < 4.78 is 49.3. The number of aromatic nitrogens is 4. The van der Waals surface area contributed by atoms with Crippen LogP contribution in [0.5, 0.6) is 0 Å². The Morgan fingerprint density at radius 2 is 1.87 bits per heavy atom. The number of methoxy groups -OCH3 is 1. The average Bonchev–Trinajstić information content (AvgIpc) is 3.44. The molecule has 0 saturated carbocycles. The lowest BCUT2D eigenvalue weighted by atomic mass is 9.98. The molecule has 1 aliphatic rings. The number of carbonyl (C=O) groups is 2. The minimum Gasteiger partial charge on any atom is -0.467 e. The average molecular weight is 556 g/mol. The van der Waals surface area contributed by atoms with Crippen molar-refractivity contribution in [2.45, 2.75) is 81.9 Å². The molecule has 2 heterocycles. The molecule has 0 bridgehead atoms. The molecule has 1 fully saturated rings. The Bertz CT molecular complexity index is 1230. The number of nitrogens with zero attached hydrogens (tertiary/aromatic N) is 4. The number of hydrogen-bond donors (Lipinski definition) is 2. The first-order valence-electron chi connectivity index (χ1n) is 11.8. The lowest BCUT2D eigenvalue weighted by molar-refractivity contribution is -0.162. The molecule has 210 valence electrons. The van der Waals surface area contributed by atoms with E-state index in [4.69, 9.17) is 14.2 Å². The highest BCUT2D eigenvalue weighted by Crippen LogP contribution is 2.33. The van der Waals surface area contributed by atoms with Crippen molar-refractivity contribution < 1.29 is 42.1 Å². The molecule has 1 amide bonds. The molecule has 0 spiro atoms. The maximum absolute atomic E-state index is 13.2. The van der Waals surface area contributed by atoms with Gasteiger partial charge in [0, 0.05) is 0 Å². The first-order chi connectivity index (χ1) is 17.6. The van der Waals surface area contributed by atoms with E-state index in [2.05, 4.69) is 25.6 Å². The van der Waals surface area contributed by atoms with Crippen LogP contribution in [-0.2, 0) is 33.6 Å². The van der Waals surface area contributed by atoms with Crippen molar-refractivity contribution in [3.63, 3.8) is 0 Å². The molecular weight excluding hydrogens is 522 g/mol. The van der Waals surface area contributed by atoms with Crippen molar-refractivity contribution in [3.05, 3.63) is 30.3 Å². The number of sulfone groups is 1. The number of nitrogens with one attached hydrogen (secondary N) is 1. The number of aliphatic hydroxyl groups excluding tert-OH is 1. The van der Waals surface area contributed by atoms with Gasteiger partial charge in [-0.25, -0.2) is 18.0 Å². The van der Waals surface area contributed by atoms with Gasteiger partial charge in [0.2, 0.25) is 9.84 Å². The maximum Gasteiger partial charge on any atom is 0.408 e. The van der Waals surface area contributed by atoms with Gasteiger partial charge in [-0.05, 0) is 63.6 Å². The summed E-state index contributed by atoms with van der Waals surface area (Å²) in [5.41, 5.74) is -0.411. The second-order valence-corrected chi connectivity index (χ2v) is 12.1. The minimum absolute atomic E-state index is 0.140. The van der Waals surface area contributed by atoms with Crippen LogP contribution in [0.2, 0.25) is 0 Å². The van der Waals surface area contributed by atoms with E-state index in [1.54, 1.807) is 65.0 Å². The summed E-state index contributed by atoms with van der Waals surface area (Å²) >= 11 is 0. The monoisotopic (exact) mass is 555 g/mol. The highest BCUT2D eigenvalue weighted by molar-refractivity contribution is 7.91. The topological polar surface area (TPSA) is 181 Å². The van der Waals surface area contributed by atoms with Gasteiger partial charge in [-0.2, -0.15) is 4.68 Å². The van der Waals surface area contributed by atoms with E-state index in [0.29, 0.717) is 5.69 Å². The van der Waals surface area contributed by atoms with Gasteiger partial charge in [-0.1, -0.05) is 23.3 Å². The standard InChI is InChI=1S/C23H33N5O9S/c1-22(2,3)37-21(31)24-16(17(29)19(30)34-6)18-15(35-23(4,5)36-18)12-13-38(32,33)20-25-26-27-28(20)14-10-8-7-9-11-14/h7-11,15-18,29H,12-13H2,1-6H3,(H,24,31)/t15-,16-,17-,18+/m0/s1. The summed E-state index contributed by atoms with van der Waals surface area (Å²) in [4.78, 5) is 24.7. The maximum atomic E-state index is 13.2. The summed E-state index contributed by atoms with van der Waals surface area (Å²) in [6.07, 6.45) is -5.04. The molecule has 0 aliphatic carbocycles. The Balaban J connectivity index is 1.85. The number of ether oxygens (including phenoxy) is 4. The number of alkyl carbamates (subject to hydrolysis) is 1. The van der Waals surface area contributed by atoms with Crippen molar-refractivity contribution in [3.8, 4) is 5.69 Å². The summed E-state index contributed by atoms with van der Waals surface area (Å²) in [6, 6.07) is 7.13. The van der Waals surface area contributed by atoms with Gasteiger partial charge in [0.1, 0.15) is 11.7 Å². The quantitative estimate of drug-likeness (QED) is 0.415. The molecular formula is C23H33N5O9S. The van der Waals surface area contributed by atoms with Crippen LogP contribution in [0.25, 0.3) is 5.69 Å². The van der Waals surface area contributed by atoms with Crippen molar-refractivity contribution in [1.82, 2.24) is 25.5 Å². The summed E-state index contributed by atoms with van der Waals surface area (Å²) in [5.74, 6) is -2.73. The fraction of sp³-hybridized carbons (Fsp3) is 0.609. The van der Waals surface area contributed by atoms with Gasteiger partial charge in [0.05, 0.1) is 30.7 Å². The van der Waals surface area contributed by atoms with Crippen molar-refractivity contribution >= 4 is 21.9 Å². The second-order valence-electron chi connectivity index (χ2n) is 10.1. The van der Waals surface area contributed by atoms with Gasteiger partial charge < -0.3 is 29.4 Å². The third-order valence-corrected chi connectivity index (χ3v) is 7.02. The molecule has 38 heavy (non-hydrogen) atoms. The molecule has 0 unspecified atom stereocenters. The number of carbonyl (C=O) groups excluding carboxylic acids is 2. The fourth-order valence-corrected chi connectivity index (χ4v) is 5.20. The first-order valence-corrected chi connectivity index (χ1v) is 13.5. The normalized spacial score (nSPS) is 20.9. The van der Waals surface area contributed by atoms with Crippen molar-refractivity contribution in [2.75, 3.05) is 12.9 Å². The van der Waals surface area contributed by atoms with E-state index >= 15 is 0 Å². The van der Waals surface area contributed by atoms with E-state index in [-0.39, 0.29) is 11.6 Å².